The molecule has 0 spiro atoms. The molecule has 22 heavy (non-hydrogen) atoms. The van der Waals surface area contributed by atoms with E-state index in [-0.39, 0.29) is 24.1 Å². The summed E-state index contributed by atoms with van der Waals surface area (Å²) in [5.74, 6) is 0.154. The largest absolute Gasteiger partial charge is 0.493 e. The van der Waals surface area contributed by atoms with E-state index in [0.717, 1.165) is 6.07 Å². The summed E-state index contributed by atoms with van der Waals surface area (Å²) in [7, 11) is 1.56. The highest BCUT2D eigenvalue weighted by molar-refractivity contribution is 5.94. The first-order valence-corrected chi connectivity index (χ1v) is 6.79. The average molecular weight is 304 g/mol. The van der Waals surface area contributed by atoms with Gasteiger partial charge in [0.2, 0.25) is 5.95 Å². The number of amides is 1. The first-order valence-electron chi connectivity index (χ1n) is 6.79. The Hall–Kier alpha value is -2.63. The number of pyridine rings is 1. The fraction of sp³-hybridized carbons (Fsp3) is 0.250. The lowest BCUT2D eigenvalue weighted by molar-refractivity contribution is 0.0931. The second kappa shape index (κ2) is 7.40. The van der Waals surface area contributed by atoms with Gasteiger partial charge in [-0.05, 0) is 25.1 Å². The summed E-state index contributed by atoms with van der Waals surface area (Å²) in [6.07, 6.45) is 0.978. The molecule has 6 heteroatoms. The van der Waals surface area contributed by atoms with Crippen molar-refractivity contribution in [2.45, 2.75) is 13.0 Å². The van der Waals surface area contributed by atoms with Crippen molar-refractivity contribution < 1.29 is 18.7 Å². The maximum atomic E-state index is 13.0. The third-order valence-electron chi connectivity index (χ3n) is 2.94. The second-order valence-electron chi connectivity index (χ2n) is 4.66. The fourth-order valence-corrected chi connectivity index (χ4v) is 1.86. The lowest BCUT2D eigenvalue weighted by Gasteiger charge is -2.17. The van der Waals surface area contributed by atoms with Crippen molar-refractivity contribution in [3.05, 3.63) is 54.1 Å². The Bertz CT molecular complexity index is 649. The number of rotatable bonds is 6. The van der Waals surface area contributed by atoms with Crippen LogP contribution in [0.2, 0.25) is 0 Å². The van der Waals surface area contributed by atoms with Gasteiger partial charge in [-0.1, -0.05) is 12.1 Å². The third kappa shape index (κ3) is 4.18. The predicted molar refractivity (Wildman–Crippen MR) is 79.6 cm³/mol. The van der Waals surface area contributed by atoms with E-state index < -0.39 is 5.95 Å². The van der Waals surface area contributed by atoms with Crippen molar-refractivity contribution in [3.63, 3.8) is 0 Å². The Kier molecular flexibility index (Phi) is 5.30. The van der Waals surface area contributed by atoms with E-state index in [1.807, 2.05) is 19.1 Å². The number of halogens is 1. The van der Waals surface area contributed by atoms with Gasteiger partial charge in [-0.25, -0.2) is 4.98 Å². The molecule has 0 saturated carbocycles. The number of carbonyl (C=O) groups excluding carboxylic acids is 1. The molecular formula is C16H17FN2O3. The molecule has 2 rings (SSSR count). The van der Waals surface area contributed by atoms with Crippen LogP contribution in [-0.2, 0) is 0 Å². The zero-order chi connectivity index (χ0) is 15.9. The zero-order valence-corrected chi connectivity index (χ0v) is 12.4. The van der Waals surface area contributed by atoms with E-state index in [2.05, 4.69) is 10.3 Å². The molecular weight excluding hydrogens is 287 g/mol. The van der Waals surface area contributed by atoms with Crippen LogP contribution in [0.3, 0.4) is 0 Å². The van der Waals surface area contributed by atoms with Crippen LogP contribution in [0.1, 0.15) is 17.3 Å². The van der Waals surface area contributed by atoms with Gasteiger partial charge in [-0.2, -0.15) is 4.39 Å². The number of para-hydroxylation sites is 2. The van der Waals surface area contributed by atoms with Crippen LogP contribution in [0.5, 0.6) is 11.5 Å². The van der Waals surface area contributed by atoms with E-state index in [4.69, 9.17) is 9.47 Å². The topological polar surface area (TPSA) is 60.5 Å². The minimum Gasteiger partial charge on any atom is -0.493 e. The van der Waals surface area contributed by atoms with Crippen molar-refractivity contribution in [3.8, 4) is 11.5 Å². The molecule has 1 aromatic carbocycles. The molecule has 0 aliphatic carbocycles. The highest BCUT2D eigenvalue weighted by Gasteiger charge is 2.11. The number of aromatic nitrogens is 1. The second-order valence-corrected chi connectivity index (χ2v) is 4.66. The summed E-state index contributed by atoms with van der Waals surface area (Å²) in [5, 5.41) is 2.68. The summed E-state index contributed by atoms with van der Waals surface area (Å²) in [6.45, 7) is 2.10. The molecule has 1 atom stereocenters. The van der Waals surface area contributed by atoms with Gasteiger partial charge in [0, 0.05) is 17.8 Å². The van der Waals surface area contributed by atoms with Gasteiger partial charge in [0.25, 0.3) is 5.91 Å². The van der Waals surface area contributed by atoms with Gasteiger partial charge in [0.05, 0.1) is 13.7 Å². The highest BCUT2D eigenvalue weighted by Crippen LogP contribution is 2.26. The number of nitrogens with one attached hydrogen (secondary N) is 1. The van der Waals surface area contributed by atoms with Crippen LogP contribution in [0.25, 0.3) is 0 Å². The number of nitrogens with zero attached hydrogens (tertiary/aromatic N) is 1. The summed E-state index contributed by atoms with van der Waals surface area (Å²) < 4.78 is 23.9. The van der Waals surface area contributed by atoms with Gasteiger partial charge < -0.3 is 14.8 Å². The first-order chi connectivity index (χ1) is 10.6. The van der Waals surface area contributed by atoms with Crippen LogP contribution in [0.4, 0.5) is 4.39 Å². The fourth-order valence-electron chi connectivity index (χ4n) is 1.86. The molecule has 0 aliphatic rings. The van der Waals surface area contributed by atoms with Crippen LogP contribution in [0.15, 0.2) is 42.6 Å². The SMILES string of the molecule is COc1ccccc1O[C@H](C)CNC(=O)c1ccnc(F)c1. The van der Waals surface area contributed by atoms with Crippen molar-refractivity contribution in [2.75, 3.05) is 13.7 Å². The molecule has 1 N–H and O–H groups in total. The Labute approximate surface area is 128 Å². The van der Waals surface area contributed by atoms with E-state index in [1.54, 1.807) is 19.2 Å². The molecule has 116 valence electrons. The van der Waals surface area contributed by atoms with Crippen molar-refractivity contribution in [1.29, 1.82) is 0 Å². The summed E-state index contributed by atoms with van der Waals surface area (Å²) in [4.78, 5) is 15.3. The Morgan fingerprint density at radius 2 is 2.05 bits per heavy atom. The van der Waals surface area contributed by atoms with Gasteiger partial charge in [0.1, 0.15) is 6.10 Å². The average Bonchev–Trinajstić information content (AvgIpc) is 2.53. The van der Waals surface area contributed by atoms with Crippen LogP contribution >= 0.6 is 0 Å². The Morgan fingerprint density at radius 3 is 2.73 bits per heavy atom. The molecule has 0 bridgehead atoms. The standard InChI is InChI=1S/C16H17FN2O3/c1-11(22-14-6-4-3-5-13(14)21-2)10-19-16(20)12-7-8-18-15(17)9-12/h3-9,11H,10H2,1-2H3,(H,19,20)/t11-/m1/s1. The smallest absolute Gasteiger partial charge is 0.251 e. The summed E-state index contributed by atoms with van der Waals surface area (Å²) in [6, 6.07) is 9.79. The molecule has 2 aromatic rings. The van der Waals surface area contributed by atoms with Crippen molar-refractivity contribution in [2.24, 2.45) is 0 Å². The number of hydrogen-bond donors (Lipinski definition) is 1. The highest BCUT2D eigenvalue weighted by atomic mass is 19.1. The molecule has 1 amide bonds. The van der Waals surface area contributed by atoms with Gasteiger partial charge in [-0.15, -0.1) is 0 Å². The predicted octanol–water partition coefficient (Wildman–Crippen LogP) is 2.43. The molecule has 5 nitrogen and oxygen atoms in total. The molecule has 0 saturated heterocycles. The van der Waals surface area contributed by atoms with Crippen LogP contribution in [-0.4, -0.2) is 30.6 Å². The van der Waals surface area contributed by atoms with Crippen LogP contribution < -0.4 is 14.8 Å². The number of hydrogen-bond acceptors (Lipinski definition) is 4. The summed E-state index contributed by atoms with van der Waals surface area (Å²) >= 11 is 0. The molecule has 0 aliphatic heterocycles. The van der Waals surface area contributed by atoms with Gasteiger partial charge in [-0.3, -0.25) is 4.79 Å². The lowest BCUT2D eigenvalue weighted by atomic mass is 10.2. The number of carbonyl (C=O) groups is 1. The number of ether oxygens (including phenoxy) is 2. The third-order valence-corrected chi connectivity index (χ3v) is 2.94. The quantitative estimate of drug-likeness (QED) is 0.833. The summed E-state index contributed by atoms with van der Waals surface area (Å²) in [5.41, 5.74) is 0.219. The van der Waals surface area contributed by atoms with Gasteiger partial charge >= 0.3 is 0 Å². The first kappa shape index (κ1) is 15.8. The Morgan fingerprint density at radius 1 is 1.32 bits per heavy atom. The van der Waals surface area contributed by atoms with E-state index in [9.17, 15) is 9.18 Å². The maximum absolute atomic E-state index is 13.0. The van der Waals surface area contributed by atoms with Gasteiger partial charge in [0.15, 0.2) is 11.5 Å². The monoisotopic (exact) mass is 304 g/mol. The molecule has 0 unspecified atom stereocenters. The molecule has 1 aromatic heterocycles. The Balaban J connectivity index is 1.90. The maximum Gasteiger partial charge on any atom is 0.251 e. The normalized spacial score (nSPS) is 11.6. The number of benzene rings is 1. The minimum atomic E-state index is -0.689. The van der Waals surface area contributed by atoms with Crippen molar-refractivity contribution in [1.82, 2.24) is 10.3 Å². The zero-order valence-electron chi connectivity index (χ0n) is 12.4. The molecule has 0 radical (unpaired) electrons. The van der Waals surface area contributed by atoms with E-state index in [1.165, 1.54) is 12.3 Å². The van der Waals surface area contributed by atoms with Crippen molar-refractivity contribution >= 4 is 5.91 Å². The van der Waals surface area contributed by atoms with Crippen LogP contribution in [0, 0.1) is 5.95 Å². The number of methoxy groups -OCH3 is 1. The van der Waals surface area contributed by atoms with E-state index >= 15 is 0 Å². The molecule has 0 fully saturated rings. The lowest BCUT2D eigenvalue weighted by Crippen LogP contribution is -2.33. The molecule has 1 heterocycles. The minimum absolute atomic E-state index is 0.219. The van der Waals surface area contributed by atoms with E-state index in [0.29, 0.717) is 11.5 Å².